The molecule has 160 valence electrons. The summed E-state index contributed by atoms with van der Waals surface area (Å²) in [5, 5.41) is 0. The summed E-state index contributed by atoms with van der Waals surface area (Å²) in [5.74, 6) is -0.337. The Morgan fingerprint density at radius 2 is 1.74 bits per heavy atom. The number of likely N-dealkylation sites (N-methyl/N-ethyl adjacent to an activating group) is 1. The van der Waals surface area contributed by atoms with Crippen molar-refractivity contribution in [2.75, 3.05) is 21.1 Å². The zero-order chi connectivity index (χ0) is 22.0. The number of pyridine rings is 1. The molecule has 1 aliphatic carbocycles. The Morgan fingerprint density at radius 3 is 2.42 bits per heavy atom. The summed E-state index contributed by atoms with van der Waals surface area (Å²) in [7, 11) is 6.03. The van der Waals surface area contributed by atoms with Gasteiger partial charge in [-0.3, -0.25) is 9.78 Å². The van der Waals surface area contributed by atoms with Gasteiger partial charge >= 0.3 is 0 Å². The van der Waals surface area contributed by atoms with Gasteiger partial charge in [-0.15, -0.1) is 0 Å². The molecule has 0 N–H and O–H groups in total. The smallest absolute Gasteiger partial charge is 0.272 e. The van der Waals surface area contributed by atoms with E-state index in [-0.39, 0.29) is 17.8 Å². The second-order valence-corrected chi connectivity index (χ2v) is 8.59. The zero-order valence-electron chi connectivity index (χ0n) is 18.3. The minimum Gasteiger partial charge on any atom is -0.337 e. The van der Waals surface area contributed by atoms with Gasteiger partial charge in [0, 0.05) is 31.4 Å². The topological polar surface area (TPSA) is 36.4 Å². The van der Waals surface area contributed by atoms with Gasteiger partial charge < -0.3 is 9.80 Å². The van der Waals surface area contributed by atoms with Crippen molar-refractivity contribution in [3.63, 3.8) is 0 Å². The number of carbonyl (C=O) groups is 1. The molecule has 1 aliphatic rings. The first-order valence-corrected chi connectivity index (χ1v) is 10.7. The summed E-state index contributed by atoms with van der Waals surface area (Å²) >= 11 is 0. The van der Waals surface area contributed by atoms with Crippen LogP contribution in [0.25, 0.3) is 11.1 Å². The lowest BCUT2D eigenvalue weighted by molar-refractivity contribution is 0.0713. The monoisotopic (exact) mass is 417 g/mol. The van der Waals surface area contributed by atoms with Crippen LogP contribution in [-0.2, 0) is 19.4 Å². The highest BCUT2D eigenvalue weighted by Crippen LogP contribution is 2.26. The van der Waals surface area contributed by atoms with Crippen molar-refractivity contribution >= 4 is 5.91 Å². The molecule has 0 spiro atoms. The van der Waals surface area contributed by atoms with Gasteiger partial charge in [0.25, 0.3) is 5.91 Å². The third-order valence-corrected chi connectivity index (χ3v) is 6.00. The van der Waals surface area contributed by atoms with Crippen molar-refractivity contribution in [1.82, 2.24) is 14.8 Å². The predicted octanol–water partition coefficient (Wildman–Crippen LogP) is 4.58. The van der Waals surface area contributed by atoms with Gasteiger partial charge in [0.2, 0.25) is 0 Å². The highest BCUT2D eigenvalue weighted by Gasteiger charge is 2.26. The molecule has 3 aromatic rings. The SMILES string of the molecule is CN(C)Cc1ccc2c(c1)CCC(N(C)C(=O)c1ccc(-c3ccc(F)cc3)cn1)C2. The molecule has 4 rings (SSSR count). The van der Waals surface area contributed by atoms with Crippen LogP contribution in [0.5, 0.6) is 0 Å². The van der Waals surface area contributed by atoms with E-state index in [0.29, 0.717) is 5.69 Å². The molecule has 31 heavy (non-hydrogen) atoms. The molecule has 0 radical (unpaired) electrons. The number of halogens is 1. The molecular formula is C26H28FN3O. The molecule has 0 fully saturated rings. The molecule has 1 amide bonds. The van der Waals surface area contributed by atoms with Crippen LogP contribution < -0.4 is 0 Å². The fourth-order valence-corrected chi connectivity index (χ4v) is 4.26. The number of rotatable bonds is 5. The summed E-state index contributed by atoms with van der Waals surface area (Å²) < 4.78 is 13.1. The maximum absolute atomic E-state index is 13.1. The van der Waals surface area contributed by atoms with Crippen LogP contribution in [0.1, 0.15) is 33.6 Å². The van der Waals surface area contributed by atoms with Crippen LogP contribution in [0.4, 0.5) is 4.39 Å². The minimum absolute atomic E-state index is 0.0664. The number of aromatic nitrogens is 1. The summed E-state index contributed by atoms with van der Waals surface area (Å²) in [6.07, 6.45) is 4.48. The second kappa shape index (κ2) is 8.98. The van der Waals surface area contributed by atoms with Crippen LogP contribution in [0.3, 0.4) is 0 Å². The van der Waals surface area contributed by atoms with Gasteiger partial charge in [0.15, 0.2) is 0 Å². The molecule has 4 nitrogen and oxygen atoms in total. The van der Waals surface area contributed by atoms with Crippen molar-refractivity contribution in [2.45, 2.75) is 31.8 Å². The Kier molecular flexibility index (Phi) is 6.14. The molecule has 1 unspecified atom stereocenters. The molecule has 2 aromatic carbocycles. The molecule has 5 heteroatoms. The summed E-state index contributed by atoms with van der Waals surface area (Å²) in [6, 6.07) is 16.8. The number of fused-ring (bicyclic) bond motifs is 1. The summed E-state index contributed by atoms with van der Waals surface area (Å²) in [4.78, 5) is 21.4. The molecule has 1 aromatic heterocycles. The van der Waals surface area contributed by atoms with Crippen LogP contribution in [-0.4, -0.2) is 47.9 Å². The molecule has 1 heterocycles. The lowest BCUT2D eigenvalue weighted by Crippen LogP contribution is -2.41. The fourth-order valence-electron chi connectivity index (χ4n) is 4.26. The number of amides is 1. The molecule has 0 saturated carbocycles. The van der Waals surface area contributed by atoms with Gasteiger partial charge in [-0.1, -0.05) is 36.4 Å². The van der Waals surface area contributed by atoms with Crippen LogP contribution >= 0.6 is 0 Å². The Hall–Kier alpha value is -3.05. The van der Waals surface area contributed by atoms with E-state index >= 15 is 0 Å². The fraction of sp³-hybridized carbons (Fsp3) is 0.308. The summed E-state index contributed by atoms with van der Waals surface area (Å²) in [6.45, 7) is 0.939. The second-order valence-electron chi connectivity index (χ2n) is 8.59. The highest BCUT2D eigenvalue weighted by atomic mass is 19.1. The van der Waals surface area contributed by atoms with Gasteiger partial charge in [0.1, 0.15) is 11.5 Å². The van der Waals surface area contributed by atoms with E-state index in [1.807, 2.05) is 18.0 Å². The lowest BCUT2D eigenvalue weighted by atomic mass is 9.86. The normalized spacial score (nSPS) is 15.6. The van der Waals surface area contributed by atoms with E-state index in [4.69, 9.17) is 0 Å². The van der Waals surface area contributed by atoms with Crippen molar-refractivity contribution in [1.29, 1.82) is 0 Å². The van der Waals surface area contributed by atoms with E-state index < -0.39 is 0 Å². The van der Waals surface area contributed by atoms with Gasteiger partial charge in [-0.25, -0.2) is 4.39 Å². The maximum Gasteiger partial charge on any atom is 0.272 e. The van der Waals surface area contributed by atoms with E-state index in [2.05, 4.69) is 42.2 Å². The number of carbonyl (C=O) groups excluding carboxylic acids is 1. The van der Waals surface area contributed by atoms with Crippen molar-refractivity contribution < 1.29 is 9.18 Å². The molecule has 0 aliphatic heterocycles. The Morgan fingerprint density at radius 1 is 1.00 bits per heavy atom. The quantitative estimate of drug-likeness (QED) is 0.610. The van der Waals surface area contributed by atoms with E-state index in [0.717, 1.165) is 36.9 Å². The number of aryl methyl sites for hydroxylation is 1. The molecule has 1 atom stereocenters. The maximum atomic E-state index is 13.1. The number of hydrogen-bond acceptors (Lipinski definition) is 3. The Bertz CT molecular complexity index is 1060. The van der Waals surface area contributed by atoms with Crippen LogP contribution in [0.2, 0.25) is 0 Å². The highest BCUT2D eigenvalue weighted by molar-refractivity contribution is 5.92. The van der Waals surface area contributed by atoms with E-state index in [1.54, 1.807) is 24.4 Å². The van der Waals surface area contributed by atoms with E-state index in [1.165, 1.54) is 28.8 Å². The van der Waals surface area contributed by atoms with Crippen molar-refractivity contribution in [2.24, 2.45) is 0 Å². The van der Waals surface area contributed by atoms with Gasteiger partial charge in [-0.2, -0.15) is 0 Å². The lowest BCUT2D eigenvalue weighted by Gasteiger charge is -2.32. The van der Waals surface area contributed by atoms with Gasteiger partial charge in [-0.05, 0) is 73.8 Å². The predicted molar refractivity (Wildman–Crippen MR) is 121 cm³/mol. The van der Waals surface area contributed by atoms with Crippen molar-refractivity contribution in [3.8, 4) is 11.1 Å². The first-order valence-electron chi connectivity index (χ1n) is 10.7. The average Bonchev–Trinajstić information content (AvgIpc) is 2.78. The Labute approximate surface area is 183 Å². The summed E-state index contributed by atoms with van der Waals surface area (Å²) in [5.41, 5.74) is 6.23. The standard InChI is InChI=1S/C26H28FN3O/c1-29(2)17-18-4-5-21-15-24(12-8-20(21)14-18)30(3)26(31)25-13-9-22(16-28-25)19-6-10-23(27)11-7-19/h4-7,9-11,13-14,16,24H,8,12,15,17H2,1-3H3. The molecule has 0 bridgehead atoms. The number of nitrogens with zero attached hydrogens (tertiary/aromatic N) is 3. The molecule has 0 saturated heterocycles. The molecular weight excluding hydrogens is 389 g/mol. The largest absolute Gasteiger partial charge is 0.337 e. The van der Waals surface area contributed by atoms with Crippen molar-refractivity contribution in [3.05, 3.63) is 89.0 Å². The first kappa shape index (κ1) is 21.2. The van der Waals surface area contributed by atoms with Crippen LogP contribution in [0, 0.1) is 5.82 Å². The third-order valence-electron chi connectivity index (χ3n) is 6.00. The van der Waals surface area contributed by atoms with Gasteiger partial charge in [0.05, 0.1) is 0 Å². The number of benzene rings is 2. The first-order chi connectivity index (χ1) is 14.9. The number of hydrogen-bond donors (Lipinski definition) is 0. The van der Waals surface area contributed by atoms with E-state index in [9.17, 15) is 9.18 Å². The Balaban J connectivity index is 1.44. The average molecular weight is 418 g/mol. The minimum atomic E-state index is -0.270. The van der Waals surface area contributed by atoms with Crippen LogP contribution in [0.15, 0.2) is 60.8 Å². The zero-order valence-corrected chi connectivity index (χ0v) is 18.3. The third kappa shape index (κ3) is 4.83.